The lowest BCUT2D eigenvalue weighted by Crippen LogP contribution is -2.11. The molecule has 1 aromatic heterocycles. The van der Waals surface area contributed by atoms with Crippen LogP contribution in [0.1, 0.15) is 10.4 Å². The highest BCUT2D eigenvalue weighted by Crippen LogP contribution is 2.26. The number of benzene rings is 2. The molecule has 0 saturated carbocycles. The number of ether oxygens (including phenoxy) is 1. The van der Waals surface area contributed by atoms with E-state index in [1.165, 1.54) is 25.3 Å². The van der Waals surface area contributed by atoms with Gasteiger partial charge in [0.05, 0.1) is 29.1 Å². The molecule has 0 amide bonds. The van der Waals surface area contributed by atoms with Gasteiger partial charge in [0, 0.05) is 0 Å². The zero-order valence-corrected chi connectivity index (χ0v) is 11.7. The molecule has 2 aromatic carbocycles. The molecule has 1 heterocycles. The van der Waals surface area contributed by atoms with Crippen molar-refractivity contribution in [1.82, 2.24) is 9.97 Å². The lowest BCUT2D eigenvalue weighted by molar-refractivity contribution is 0.0697. The number of carbonyl (C=O) groups is 1. The SMILES string of the molecule is COc1ccccc1-c1nc2ccc(C(=O)O)cc2c(=O)[nH]1. The van der Waals surface area contributed by atoms with Gasteiger partial charge in [-0.2, -0.15) is 0 Å². The van der Waals surface area contributed by atoms with Crippen LogP contribution < -0.4 is 10.3 Å². The van der Waals surface area contributed by atoms with Crippen molar-refractivity contribution in [2.24, 2.45) is 0 Å². The quantitative estimate of drug-likeness (QED) is 0.773. The number of rotatable bonds is 3. The third-order valence-corrected chi connectivity index (χ3v) is 3.31. The summed E-state index contributed by atoms with van der Waals surface area (Å²) in [6, 6.07) is 11.4. The fourth-order valence-corrected chi connectivity index (χ4v) is 2.24. The van der Waals surface area contributed by atoms with Crippen LogP contribution in [0.4, 0.5) is 0 Å². The number of aromatic amines is 1. The molecule has 3 aromatic rings. The minimum absolute atomic E-state index is 0.0461. The average Bonchev–Trinajstić information content (AvgIpc) is 2.54. The first-order valence-electron chi connectivity index (χ1n) is 6.51. The monoisotopic (exact) mass is 296 g/mol. The molecule has 2 N–H and O–H groups in total. The second-order valence-electron chi connectivity index (χ2n) is 4.65. The van der Waals surface area contributed by atoms with Crippen LogP contribution in [0.3, 0.4) is 0 Å². The van der Waals surface area contributed by atoms with Gasteiger partial charge >= 0.3 is 5.97 Å². The molecule has 3 rings (SSSR count). The van der Waals surface area contributed by atoms with E-state index in [1.807, 2.05) is 12.1 Å². The Kier molecular flexibility index (Phi) is 3.34. The van der Waals surface area contributed by atoms with E-state index in [1.54, 1.807) is 12.1 Å². The van der Waals surface area contributed by atoms with E-state index >= 15 is 0 Å². The van der Waals surface area contributed by atoms with E-state index in [4.69, 9.17) is 9.84 Å². The molecule has 0 unspecified atom stereocenters. The molecule has 0 bridgehead atoms. The van der Waals surface area contributed by atoms with Crippen LogP contribution in [0.5, 0.6) is 5.75 Å². The van der Waals surface area contributed by atoms with E-state index in [0.29, 0.717) is 22.7 Å². The van der Waals surface area contributed by atoms with Gasteiger partial charge in [-0.25, -0.2) is 9.78 Å². The van der Waals surface area contributed by atoms with Crippen molar-refractivity contribution in [1.29, 1.82) is 0 Å². The Morgan fingerprint density at radius 1 is 1.23 bits per heavy atom. The van der Waals surface area contributed by atoms with Crippen LogP contribution in [-0.2, 0) is 0 Å². The van der Waals surface area contributed by atoms with E-state index < -0.39 is 11.5 Å². The van der Waals surface area contributed by atoms with Crippen LogP contribution in [0.15, 0.2) is 47.3 Å². The predicted molar refractivity (Wildman–Crippen MR) is 81.3 cm³/mol. The predicted octanol–water partition coefficient (Wildman–Crippen LogP) is 2.30. The number of methoxy groups -OCH3 is 1. The summed E-state index contributed by atoms with van der Waals surface area (Å²) in [5.41, 5.74) is 0.736. The lowest BCUT2D eigenvalue weighted by atomic mass is 10.1. The van der Waals surface area contributed by atoms with Crippen LogP contribution >= 0.6 is 0 Å². The van der Waals surface area contributed by atoms with Gasteiger partial charge in [0.1, 0.15) is 11.6 Å². The molecule has 0 aliphatic carbocycles. The molecule has 0 aliphatic heterocycles. The van der Waals surface area contributed by atoms with Crippen LogP contribution in [0, 0.1) is 0 Å². The maximum Gasteiger partial charge on any atom is 0.335 e. The minimum Gasteiger partial charge on any atom is -0.496 e. The van der Waals surface area contributed by atoms with Crippen molar-refractivity contribution in [3.63, 3.8) is 0 Å². The Hall–Kier alpha value is -3.15. The smallest absolute Gasteiger partial charge is 0.335 e. The number of H-pyrrole nitrogens is 1. The first kappa shape index (κ1) is 13.8. The van der Waals surface area contributed by atoms with E-state index in [9.17, 15) is 9.59 Å². The van der Waals surface area contributed by atoms with Gasteiger partial charge in [-0.15, -0.1) is 0 Å². The Labute approximate surface area is 125 Å². The second-order valence-corrected chi connectivity index (χ2v) is 4.65. The van der Waals surface area contributed by atoms with Crippen molar-refractivity contribution in [2.75, 3.05) is 7.11 Å². The summed E-state index contributed by atoms with van der Waals surface area (Å²) in [5.74, 6) is -0.125. The Morgan fingerprint density at radius 2 is 2.00 bits per heavy atom. The molecular formula is C16H12N2O4. The number of nitrogens with zero attached hydrogens (tertiary/aromatic N) is 1. The number of hydrogen-bond donors (Lipinski definition) is 2. The van der Waals surface area contributed by atoms with Crippen LogP contribution in [-0.4, -0.2) is 28.2 Å². The van der Waals surface area contributed by atoms with E-state index in [0.717, 1.165) is 0 Å². The Bertz CT molecular complexity index is 931. The summed E-state index contributed by atoms with van der Waals surface area (Å²) in [6.07, 6.45) is 0. The number of aromatic nitrogens is 2. The number of aromatic carboxylic acids is 1. The molecule has 6 nitrogen and oxygen atoms in total. The number of carboxylic acids is 1. The highest BCUT2D eigenvalue weighted by atomic mass is 16.5. The average molecular weight is 296 g/mol. The summed E-state index contributed by atoms with van der Waals surface area (Å²) >= 11 is 0. The normalized spacial score (nSPS) is 10.6. The maximum absolute atomic E-state index is 12.2. The largest absolute Gasteiger partial charge is 0.496 e. The standard InChI is InChI=1S/C16H12N2O4/c1-22-13-5-3-2-4-10(13)14-17-12-7-6-9(16(20)21)8-11(12)15(19)18-14/h2-8H,1H3,(H,20,21)(H,17,18,19). The van der Waals surface area contributed by atoms with E-state index in [-0.39, 0.29) is 10.9 Å². The van der Waals surface area contributed by atoms with Crippen LogP contribution in [0.25, 0.3) is 22.3 Å². The van der Waals surface area contributed by atoms with Crippen molar-refractivity contribution in [3.05, 3.63) is 58.4 Å². The first-order chi connectivity index (χ1) is 10.6. The number of carboxylic acid groups (broad SMARTS) is 1. The third kappa shape index (κ3) is 2.31. The van der Waals surface area contributed by atoms with Crippen LogP contribution in [0.2, 0.25) is 0 Å². The molecule has 0 radical (unpaired) electrons. The van der Waals surface area contributed by atoms with Gasteiger partial charge < -0.3 is 14.8 Å². The molecule has 0 aliphatic rings. The number of nitrogens with one attached hydrogen (secondary N) is 1. The zero-order valence-electron chi connectivity index (χ0n) is 11.7. The molecule has 22 heavy (non-hydrogen) atoms. The summed E-state index contributed by atoms with van der Waals surface area (Å²) in [6.45, 7) is 0. The topological polar surface area (TPSA) is 92.3 Å². The third-order valence-electron chi connectivity index (χ3n) is 3.31. The molecule has 0 spiro atoms. The molecule has 0 atom stereocenters. The summed E-state index contributed by atoms with van der Waals surface area (Å²) < 4.78 is 5.26. The van der Waals surface area contributed by atoms with Gasteiger partial charge in [0.2, 0.25) is 0 Å². The van der Waals surface area contributed by atoms with Crippen molar-refractivity contribution < 1.29 is 14.6 Å². The number of hydrogen-bond acceptors (Lipinski definition) is 4. The van der Waals surface area contributed by atoms with Crippen molar-refractivity contribution in [3.8, 4) is 17.1 Å². The number of fused-ring (bicyclic) bond motifs is 1. The molecular weight excluding hydrogens is 284 g/mol. The van der Waals surface area contributed by atoms with Gasteiger partial charge in [0.25, 0.3) is 5.56 Å². The first-order valence-corrected chi connectivity index (χ1v) is 6.51. The van der Waals surface area contributed by atoms with Gasteiger partial charge in [-0.1, -0.05) is 12.1 Å². The summed E-state index contributed by atoms with van der Waals surface area (Å²) in [5, 5.41) is 9.22. The lowest BCUT2D eigenvalue weighted by Gasteiger charge is -2.08. The Morgan fingerprint density at radius 3 is 2.73 bits per heavy atom. The van der Waals surface area contributed by atoms with Gasteiger partial charge in [0.15, 0.2) is 0 Å². The fraction of sp³-hybridized carbons (Fsp3) is 0.0625. The highest BCUT2D eigenvalue weighted by Gasteiger charge is 2.12. The summed E-state index contributed by atoms with van der Waals surface area (Å²) in [4.78, 5) is 30.3. The van der Waals surface area contributed by atoms with Gasteiger partial charge in [-0.3, -0.25) is 4.79 Å². The Balaban J connectivity index is 2.24. The van der Waals surface area contributed by atoms with Gasteiger partial charge in [-0.05, 0) is 30.3 Å². The zero-order chi connectivity index (χ0) is 15.7. The maximum atomic E-state index is 12.2. The highest BCUT2D eigenvalue weighted by molar-refractivity contribution is 5.93. The van der Waals surface area contributed by atoms with Crippen molar-refractivity contribution >= 4 is 16.9 Å². The fourth-order valence-electron chi connectivity index (χ4n) is 2.24. The minimum atomic E-state index is -1.09. The molecule has 6 heteroatoms. The number of para-hydroxylation sites is 1. The summed E-state index contributed by atoms with van der Waals surface area (Å²) in [7, 11) is 1.54. The van der Waals surface area contributed by atoms with E-state index in [2.05, 4.69) is 9.97 Å². The molecule has 0 fully saturated rings. The molecule has 110 valence electrons. The molecule has 0 saturated heterocycles. The van der Waals surface area contributed by atoms with Crippen molar-refractivity contribution in [2.45, 2.75) is 0 Å². The second kappa shape index (κ2) is 5.33.